The van der Waals surface area contributed by atoms with Gasteiger partial charge in [0.25, 0.3) is 5.91 Å². The molecule has 0 unspecified atom stereocenters. The van der Waals surface area contributed by atoms with E-state index in [9.17, 15) is 4.79 Å². The second-order valence-corrected chi connectivity index (χ2v) is 5.49. The highest BCUT2D eigenvalue weighted by Gasteiger charge is 2.36. The molecule has 2 atom stereocenters. The Morgan fingerprint density at radius 1 is 1.25 bits per heavy atom. The summed E-state index contributed by atoms with van der Waals surface area (Å²) in [6, 6.07) is 7.62. The summed E-state index contributed by atoms with van der Waals surface area (Å²) in [5, 5.41) is 0. The summed E-state index contributed by atoms with van der Waals surface area (Å²) >= 11 is 0. The molecule has 4 heteroatoms. The highest BCUT2D eigenvalue weighted by atomic mass is 16.5. The Hall–Kier alpha value is -1.55. The van der Waals surface area contributed by atoms with Gasteiger partial charge in [0.15, 0.2) is 0 Å². The Morgan fingerprint density at radius 3 is 2.75 bits per heavy atom. The molecule has 3 rings (SSSR count). The van der Waals surface area contributed by atoms with Crippen molar-refractivity contribution in [3.63, 3.8) is 0 Å². The summed E-state index contributed by atoms with van der Waals surface area (Å²) in [4.78, 5) is 14.7. The minimum absolute atomic E-state index is 0.118. The molecule has 0 aromatic heterocycles. The van der Waals surface area contributed by atoms with Crippen molar-refractivity contribution < 1.29 is 14.3 Å². The molecule has 4 nitrogen and oxygen atoms in total. The van der Waals surface area contributed by atoms with Crippen LogP contribution in [0.25, 0.3) is 0 Å². The fraction of sp³-hybridized carbons (Fsp3) is 0.562. The Bertz CT molecular complexity index is 469. The van der Waals surface area contributed by atoms with Crippen LogP contribution in [0.5, 0.6) is 5.75 Å². The molecular weight excluding hydrogens is 254 g/mol. The molecule has 1 heterocycles. The minimum atomic E-state index is 0.118. The first-order valence-corrected chi connectivity index (χ1v) is 7.36. The van der Waals surface area contributed by atoms with Crippen molar-refractivity contribution in [3.05, 3.63) is 29.8 Å². The van der Waals surface area contributed by atoms with Crippen molar-refractivity contribution in [2.24, 2.45) is 0 Å². The first kappa shape index (κ1) is 13.4. The van der Waals surface area contributed by atoms with E-state index in [2.05, 4.69) is 0 Å². The van der Waals surface area contributed by atoms with Crippen LogP contribution in [0.2, 0.25) is 0 Å². The third-order valence-electron chi connectivity index (χ3n) is 4.33. The number of fused-ring (bicyclic) bond motifs is 1. The number of carbonyl (C=O) groups is 1. The van der Waals surface area contributed by atoms with E-state index < -0.39 is 0 Å². The zero-order chi connectivity index (χ0) is 13.9. The molecule has 0 radical (unpaired) electrons. The maximum Gasteiger partial charge on any atom is 0.254 e. The van der Waals surface area contributed by atoms with Gasteiger partial charge in [-0.1, -0.05) is 12.8 Å². The second kappa shape index (κ2) is 5.83. The number of methoxy groups -OCH3 is 1. The monoisotopic (exact) mass is 275 g/mol. The molecule has 0 bridgehead atoms. The number of hydrogen-bond donors (Lipinski definition) is 0. The van der Waals surface area contributed by atoms with Crippen molar-refractivity contribution in [1.82, 2.24) is 4.90 Å². The van der Waals surface area contributed by atoms with Gasteiger partial charge in [0.05, 0.1) is 25.9 Å². The van der Waals surface area contributed by atoms with Gasteiger partial charge in [-0.2, -0.15) is 0 Å². The lowest BCUT2D eigenvalue weighted by Crippen LogP contribution is -2.54. The number of hydrogen-bond acceptors (Lipinski definition) is 3. The van der Waals surface area contributed by atoms with Gasteiger partial charge >= 0.3 is 0 Å². The van der Waals surface area contributed by atoms with Crippen LogP contribution in [0.4, 0.5) is 0 Å². The van der Waals surface area contributed by atoms with Crippen LogP contribution >= 0.6 is 0 Å². The number of carbonyl (C=O) groups excluding carboxylic acids is 1. The van der Waals surface area contributed by atoms with Crippen LogP contribution in [0.15, 0.2) is 24.3 Å². The predicted octanol–water partition coefficient (Wildman–Crippen LogP) is 2.48. The van der Waals surface area contributed by atoms with Crippen molar-refractivity contribution in [2.75, 3.05) is 20.3 Å². The SMILES string of the molecule is COc1ccc(C(=O)N2CCO[C@H]3CCCC[C@H]32)cc1. The molecule has 1 saturated carbocycles. The molecular formula is C16H21NO3. The molecule has 1 aliphatic carbocycles. The summed E-state index contributed by atoms with van der Waals surface area (Å²) in [6.45, 7) is 1.36. The topological polar surface area (TPSA) is 38.8 Å². The average Bonchev–Trinajstić information content (AvgIpc) is 2.54. The van der Waals surface area contributed by atoms with Gasteiger partial charge in [0, 0.05) is 12.1 Å². The van der Waals surface area contributed by atoms with Crippen LogP contribution in [0.1, 0.15) is 36.0 Å². The third kappa shape index (κ3) is 2.52. The second-order valence-electron chi connectivity index (χ2n) is 5.49. The summed E-state index contributed by atoms with van der Waals surface area (Å²) in [5.74, 6) is 0.895. The minimum Gasteiger partial charge on any atom is -0.497 e. The molecule has 108 valence electrons. The van der Waals surface area contributed by atoms with Crippen LogP contribution < -0.4 is 4.74 Å². The normalized spacial score (nSPS) is 25.9. The molecule has 0 N–H and O–H groups in total. The van der Waals surface area contributed by atoms with Gasteiger partial charge < -0.3 is 14.4 Å². The lowest BCUT2D eigenvalue weighted by molar-refractivity contribution is -0.0752. The standard InChI is InChI=1S/C16H21NO3/c1-19-13-8-6-12(7-9-13)16(18)17-10-11-20-15-5-3-2-4-14(15)17/h6-9,14-15H,2-5,10-11H2,1H3/t14-,15+/m1/s1. The van der Waals surface area contributed by atoms with E-state index >= 15 is 0 Å². The molecule has 2 aliphatic rings. The van der Waals surface area contributed by atoms with Crippen molar-refractivity contribution >= 4 is 5.91 Å². The number of morpholine rings is 1. The maximum atomic E-state index is 12.7. The Kier molecular flexibility index (Phi) is 3.92. The first-order chi connectivity index (χ1) is 9.79. The molecule has 0 spiro atoms. The van der Waals surface area contributed by atoms with Gasteiger partial charge in [0.2, 0.25) is 0 Å². The molecule has 1 aliphatic heterocycles. The molecule has 1 saturated heterocycles. The number of benzene rings is 1. The lowest BCUT2D eigenvalue weighted by atomic mass is 9.89. The smallest absolute Gasteiger partial charge is 0.254 e. The number of amides is 1. The highest BCUT2D eigenvalue weighted by Crippen LogP contribution is 2.29. The zero-order valence-electron chi connectivity index (χ0n) is 11.9. The van der Waals surface area contributed by atoms with Gasteiger partial charge in [0.1, 0.15) is 5.75 Å². The van der Waals surface area contributed by atoms with Crippen LogP contribution in [0.3, 0.4) is 0 Å². The summed E-state index contributed by atoms with van der Waals surface area (Å²) in [5.41, 5.74) is 0.733. The molecule has 1 amide bonds. The Labute approximate surface area is 119 Å². The zero-order valence-corrected chi connectivity index (χ0v) is 11.9. The van der Waals surface area contributed by atoms with Crippen LogP contribution in [-0.2, 0) is 4.74 Å². The van der Waals surface area contributed by atoms with E-state index in [1.807, 2.05) is 29.2 Å². The number of nitrogens with zero attached hydrogens (tertiary/aromatic N) is 1. The molecule has 2 fully saturated rings. The van der Waals surface area contributed by atoms with Crippen molar-refractivity contribution in [2.45, 2.75) is 37.8 Å². The summed E-state index contributed by atoms with van der Waals surface area (Å²) < 4.78 is 11.0. The van der Waals surface area contributed by atoms with E-state index in [-0.39, 0.29) is 18.1 Å². The van der Waals surface area contributed by atoms with Gasteiger partial charge in [-0.15, -0.1) is 0 Å². The largest absolute Gasteiger partial charge is 0.497 e. The van der Waals surface area contributed by atoms with Gasteiger partial charge in [-0.3, -0.25) is 4.79 Å². The van der Waals surface area contributed by atoms with E-state index in [1.165, 1.54) is 12.8 Å². The highest BCUT2D eigenvalue weighted by molar-refractivity contribution is 5.94. The lowest BCUT2D eigenvalue weighted by Gasteiger charge is -2.43. The predicted molar refractivity (Wildman–Crippen MR) is 76.0 cm³/mol. The summed E-state index contributed by atoms with van der Waals surface area (Å²) in [6.07, 6.45) is 4.78. The van der Waals surface area contributed by atoms with Crippen molar-refractivity contribution in [3.8, 4) is 5.75 Å². The molecule has 1 aromatic rings. The number of rotatable bonds is 2. The first-order valence-electron chi connectivity index (χ1n) is 7.36. The Balaban J connectivity index is 1.77. The number of ether oxygens (including phenoxy) is 2. The van der Waals surface area contributed by atoms with Crippen LogP contribution in [0, 0.1) is 0 Å². The van der Waals surface area contributed by atoms with E-state index in [1.54, 1.807) is 7.11 Å². The van der Waals surface area contributed by atoms with E-state index in [0.717, 1.165) is 24.2 Å². The van der Waals surface area contributed by atoms with E-state index in [4.69, 9.17) is 9.47 Å². The third-order valence-corrected chi connectivity index (χ3v) is 4.33. The van der Waals surface area contributed by atoms with Crippen LogP contribution in [-0.4, -0.2) is 43.2 Å². The fourth-order valence-electron chi connectivity index (χ4n) is 3.25. The Morgan fingerprint density at radius 2 is 2.00 bits per heavy atom. The molecule has 1 aromatic carbocycles. The van der Waals surface area contributed by atoms with Gasteiger partial charge in [-0.05, 0) is 37.1 Å². The van der Waals surface area contributed by atoms with Crippen molar-refractivity contribution in [1.29, 1.82) is 0 Å². The van der Waals surface area contributed by atoms with Gasteiger partial charge in [-0.25, -0.2) is 0 Å². The maximum absolute atomic E-state index is 12.7. The quantitative estimate of drug-likeness (QED) is 0.832. The van der Waals surface area contributed by atoms with E-state index in [0.29, 0.717) is 13.2 Å². The molecule has 20 heavy (non-hydrogen) atoms. The fourth-order valence-corrected chi connectivity index (χ4v) is 3.25. The summed E-state index contributed by atoms with van der Waals surface area (Å²) in [7, 11) is 1.63. The average molecular weight is 275 g/mol.